The number of amides is 1. The van der Waals surface area contributed by atoms with Gasteiger partial charge in [-0.25, -0.2) is 4.98 Å². The number of pyridine rings is 1. The van der Waals surface area contributed by atoms with Gasteiger partial charge in [-0.2, -0.15) is 0 Å². The predicted octanol–water partition coefficient (Wildman–Crippen LogP) is 1.53. The third kappa shape index (κ3) is 4.53. The summed E-state index contributed by atoms with van der Waals surface area (Å²) in [5, 5.41) is 2.81. The lowest BCUT2D eigenvalue weighted by molar-refractivity contribution is 0.0931. The summed E-state index contributed by atoms with van der Waals surface area (Å²) in [7, 11) is 0. The first-order valence-corrected chi connectivity index (χ1v) is 7.41. The largest absolute Gasteiger partial charge is 0.348 e. The number of aromatic nitrogens is 2. The highest BCUT2D eigenvalue weighted by molar-refractivity contribution is 5.93. The number of halogens is 1. The molecular weight excluding hydrogens is 316 g/mol. The molecule has 2 aromatic heterocycles. The van der Waals surface area contributed by atoms with Crippen molar-refractivity contribution in [3.05, 3.63) is 46.0 Å². The van der Waals surface area contributed by atoms with Gasteiger partial charge in [0, 0.05) is 25.0 Å². The summed E-state index contributed by atoms with van der Waals surface area (Å²) >= 11 is 0. The van der Waals surface area contributed by atoms with E-state index >= 15 is 0 Å². The summed E-state index contributed by atoms with van der Waals surface area (Å²) in [5.74, 6) is -0.0174. The molecule has 1 amide bonds. The van der Waals surface area contributed by atoms with Crippen LogP contribution in [0.15, 0.2) is 29.3 Å². The monoisotopic (exact) mass is 338 g/mol. The van der Waals surface area contributed by atoms with Crippen molar-refractivity contribution in [2.75, 3.05) is 6.54 Å². The van der Waals surface area contributed by atoms with Crippen LogP contribution in [-0.4, -0.2) is 27.9 Å². The number of nitrogens with one attached hydrogen (secondary N) is 1. The van der Waals surface area contributed by atoms with Crippen LogP contribution in [0.25, 0.3) is 5.65 Å². The Bertz CT molecular complexity index is 742. The normalized spacial score (nSPS) is 12.0. The van der Waals surface area contributed by atoms with Gasteiger partial charge in [-0.1, -0.05) is 13.8 Å². The SMILES string of the molecule is Cc1ccn2c(=O)c(C(=O)NC(CN)CC(C)C)cnc2c1.Cl. The van der Waals surface area contributed by atoms with E-state index in [-0.39, 0.29) is 29.6 Å². The molecule has 0 spiro atoms. The van der Waals surface area contributed by atoms with Crippen molar-refractivity contribution >= 4 is 24.0 Å². The minimum absolute atomic E-state index is 0. The lowest BCUT2D eigenvalue weighted by Crippen LogP contribution is -2.43. The number of carbonyl (C=O) groups excluding carboxylic acids is 1. The van der Waals surface area contributed by atoms with E-state index in [0.717, 1.165) is 12.0 Å². The molecule has 0 aliphatic rings. The molecule has 126 valence electrons. The molecular formula is C16H23ClN4O2. The van der Waals surface area contributed by atoms with Crippen LogP contribution in [0.5, 0.6) is 0 Å². The molecule has 2 aromatic rings. The van der Waals surface area contributed by atoms with Crippen molar-refractivity contribution < 1.29 is 4.79 Å². The second kappa shape index (κ2) is 8.08. The topological polar surface area (TPSA) is 89.5 Å². The fourth-order valence-electron chi connectivity index (χ4n) is 2.38. The summed E-state index contributed by atoms with van der Waals surface area (Å²) in [6.45, 7) is 6.38. The Kier molecular flexibility index (Phi) is 6.72. The van der Waals surface area contributed by atoms with Gasteiger partial charge < -0.3 is 11.1 Å². The van der Waals surface area contributed by atoms with Crippen LogP contribution in [0.1, 0.15) is 36.2 Å². The van der Waals surface area contributed by atoms with Gasteiger partial charge >= 0.3 is 0 Å². The Balaban J connectivity index is 0.00000264. The van der Waals surface area contributed by atoms with Gasteiger partial charge in [0.25, 0.3) is 11.5 Å². The van der Waals surface area contributed by atoms with Gasteiger partial charge in [0.1, 0.15) is 11.2 Å². The quantitative estimate of drug-likeness (QED) is 0.865. The molecule has 1 unspecified atom stereocenters. The van der Waals surface area contributed by atoms with Crippen molar-refractivity contribution in [2.45, 2.75) is 33.2 Å². The molecule has 0 bridgehead atoms. The van der Waals surface area contributed by atoms with Crippen LogP contribution in [0.2, 0.25) is 0 Å². The maximum absolute atomic E-state index is 12.4. The molecule has 0 saturated heterocycles. The summed E-state index contributed by atoms with van der Waals surface area (Å²) in [6, 6.07) is 3.45. The van der Waals surface area contributed by atoms with Crippen LogP contribution >= 0.6 is 12.4 Å². The number of fused-ring (bicyclic) bond motifs is 1. The maximum Gasteiger partial charge on any atom is 0.270 e. The zero-order chi connectivity index (χ0) is 16.3. The zero-order valence-electron chi connectivity index (χ0n) is 13.6. The number of rotatable bonds is 5. The fourth-order valence-corrected chi connectivity index (χ4v) is 2.38. The number of nitrogens with two attached hydrogens (primary N) is 1. The van der Waals surface area contributed by atoms with Crippen molar-refractivity contribution in [1.82, 2.24) is 14.7 Å². The van der Waals surface area contributed by atoms with Crippen molar-refractivity contribution in [1.29, 1.82) is 0 Å². The van der Waals surface area contributed by atoms with Crippen molar-refractivity contribution in [3.63, 3.8) is 0 Å². The highest BCUT2D eigenvalue weighted by atomic mass is 35.5. The second-order valence-corrected chi connectivity index (χ2v) is 5.94. The van der Waals surface area contributed by atoms with Gasteiger partial charge in [-0.3, -0.25) is 14.0 Å². The van der Waals surface area contributed by atoms with Gasteiger partial charge in [-0.05, 0) is 37.0 Å². The zero-order valence-corrected chi connectivity index (χ0v) is 14.4. The van der Waals surface area contributed by atoms with Crippen LogP contribution in [0, 0.1) is 12.8 Å². The smallest absolute Gasteiger partial charge is 0.270 e. The first kappa shape index (κ1) is 19.1. The molecule has 2 heterocycles. The lowest BCUT2D eigenvalue weighted by Gasteiger charge is -2.18. The van der Waals surface area contributed by atoms with Gasteiger partial charge in [0.2, 0.25) is 0 Å². The molecule has 0 aliphatic carbocycles. The minimum atomic E-state index is -0.427. The van der Waals surface area contributed by atoms with Crippen molar-refractivity contribution in [2.24, 2.45) is 11.7 Å². The van der Waals surface area contributed by atoms with E-state index in [0.29, 0.717) is 18.1 Å². The Morgan fingerprint density at radius 2 is 2.13 bits per heavy atom. The Morgan fingerprint density at radius 3 is 2.74 bits per heavy atom. The summed E-state index contributed by atoms with van der Waals surface area (Å²) in [5.41, 5.74) is 6.87. The van der Waals surface area contributed by atoms with Gasteiger partial charge in [0.15, 0.2) is 0 Å². The third-order valence-electron chi connectivity index (χ3n) is 3.49. The van der Waals surface area contributed by atoms with E-state index in [1.165, 1.54) is 10.6 Å². The summed E-state index contributed by atoms with van der Waals surface area (Å²) in [6.07, 6.45) is 3.73. The molecule has 3 N–H and O–H groups in total. The van der Waals surface area contributed by atoms with Crippen LogP contribution in [-0.2, 0) is 0 Å². The van der Waals surface area contributed by atoms with Gasteiger partial charge in [-0.15, -0.1) is 12.4 Å². The van der Waals surface area contributed by atoms with Crippen LogP contribution in [0.3, 0.4) is 0 Å². The number of hydrogen-bond donors (Lipinski definition) is 2. The number of hydrogen-bond acceptors (Lipinski definition) is 4. The predicted molar refractivity (Wildman–Crippen MR) is 93.2 cm³/mol. The Morgan fingerprint density at radius 1 is 1.43 bits per heavy atom. The first-order valence-electron chi connectivity index (χ1n) is 7.41. The Hall–Kier alpha value is -1.92. The molecule has 1 atom stereocenters. The number of nitrogens with zero attached hydrogens (tertiary/aromatic N) is 2. The molecule has 23 heavy (non-hydrogen) atoms. The van der Waals surface area contributed by atoms with Gasteiger partial charge in [0.05, 0.1) is 0 Å². The van der Waals surface area contributed by atoms with E-state index in [9.17, 15) is 9.59 Å². The Labute approximate surface area is 141 Å². The van der Waals surface area contributed by atoms with E-state index in [2.05, 4.69) is 24.1 Å². The average molecular weight is 339 g/mol. The minimum Gasteiger partial charge on any atom is -0.348 e. The molecule has 0 radical (unpaired) electrons. The molecule has 6 nitrogen and oxygen atoms in total. The highest BCUT2D eigenvalue weighted by Gasteiger charge is 2.17. The van der Waals surface area contributed by atoms with E-state index in [4.69, 9.17) is 5.73 Å². The van der Waals surface area contributed by atoms with E-state index in [1.54, 1.807) is 18.3 Å². The highest BCUT2D eigenvalue weighted by Crippen LogP contribution is 2.05. The molecule has 0 saturated carbocycles. The first-order chi connectivity index (χ1) is 10.4. The molecule has 0 fully saturated rings. The molecule has 0 aliphatic heterocycles. The van der Waals surface area contributed by atoms with Crippen LogP contribution < -0.4 is 16.6 Å². The molecule has 7 heteroatoms. The fraction of sp³-hybridized carbons (Fsp3) is 0.438. The number of carbonyl (C=O) groups is 1. The van der Waals surface area contributed by atoms with Crippen molar-refractivity contribution in [3.8, 4) is 0 Å². The van der Waals surface area contributed by atoms with E-state index < -0.39 is 5.91 Å². The molecule has 0 aromatic carbocycles. The standard InChI is InChI=1S/C16H22N4O2.ClH/c1-10(2)6-12(8-17)19-15(21)13-9-18-14-7-11(3)4-5-20(14)16(13)22;/h4-5,7,9-10,12H,6,8,17H2,1-3H3,(H,19,21);1H. The van der Waals surface area contributed by atoms with Crippen LogP contribution in [0.4, 0.5) is 0 Å². The summed E-state index contributed by atoms with van der Waals surface area (Å²) in [4.78, 5) is 28.9. The lowest BCUT2D eigenvalue weighted by atomic mass is 10.0. The molecule has 2 rings (SSSR count). The van der Waals surface area contributed by atoms with E-state index in [1.807, 2.05) is 6.92 Å². The second-order valence-electron chi connectivity index (χ2n) is 5.94. The summed E-state index contributed by atoms with van der Waals surface area (Å²) < 4.78 is 1.38. The number of aryl methyl sites for hydroxylation is 1. The third-order valence-corrected chi connectivity index (χ3v) is 3.49. The average Bonchev–Trinajstić information content (AvgIpc) is 2.46. The maximum atomic E-state index is 12.4.